The summed E-state index contributed by atoms with van der Waals surface area (Å²) in [6.45, 7) is 6.19. The van der Waals surface area contributed by atoms with E-state index in [1.165, 1.54) is 11.3 Å². The first-order chi connectivity index (χ1) is 7.68. The van der Waals surface area contributed by atoms with Gasteiger partial charge in [0.2, 0.25) is 0 Å². The molecule has 0 unspecified atom stereocenters. The molecule has 2 nitrogen and oxygen atoms in total. The van der Waals surface area contributed by atoms with Crippen LogP contribution in [-0.4, -0.2) is 18.9 Å². The van der Waals surface area contributed by atoms with E-state index in [0.29, 0.717) is 24.5 Å². The molecule has 1 fully saturated rings. The van der Waals surface area contributed by atoms with Crippen molar-refractivity contribution in [2.45, 2.75) is 32.6 Å². The zero-order valence-electron chi connectivity index (χ0n) is 10.1. The van der Waals surface area contributed by atoms with Crippen LogP contribution in [-0.2, 0) is 4.79 Å². The predicted molar refractivity (Wildman–Crippen MR) is 67.0 cm³/mol. The van der Waals surface area contributed by atoms with E-state index in [-0.39, 0.29) is 0 Å². The lowest BCUT2D eigenvalue weighted by Crippen LogP contribution is -2.34. The van der Waals surface area contributed by atoms with Crippen molar-refractivity contribution >= 4 is 11.5 Å². The smallest absolute Gasteiger partial charge is 0.136 e. The van der Waals surface area contributed by atoms with E-state index in [2.05, 4.69) is 43.0 Å². The number of hydrogen-bond donors (Lipinski definition) is 0. The molecule has 0 amide bonds. The Morgan fingerprint density at radius 1 is 1.12 bits per heavy atom. The van der Waals surface area contributed by atoms with Gasteiger partial charge >= 0.3 is 0 Å². The van der Waals surface area contributed by atoms with Crippen LogP contribution in [0.1, 0.15) is 38.2 Å². The zero-order chi connectivity index (χ0) is 11.5. The summed E-state index contributed by atoms with van der Waals surface area (Å²) < 4.78 is 0. The Morgan fingerprint density at radius 3 is 2.38 bits per heavy atom. The highest BCUT2D eigenvalue weighted by Gasteiger charge is 2.19. The first kappa shape index (κ1) is 11.2. The largest absolute Gasteiger partial charge is 0.370 e. The fourth-order valence-electron chi connectivity index (χ4n) is 2.26. The third-order valence-electron chi connectivity index (χ3n) is 3.22. The van der Waals surface area contributed by atoms with Crippen LogP contribution < -0.4 is 4.90 Å². The van der Waals surface area contributed by atoms with E-state index in [1.54, 1.807) is 0 Å². The third kappa shape index (κ3) is 2.26. The Hall–Kier alpha value is -1.31. The van der Waals surface area contributed by atoms with Crippen molar-refractivity contribution in [3.05, 3.63) is 29.8 Å². The van der Waals surface area contributed by atoms with Crippen molar-refractivity contribution < 1.29 is 4.79 Å². The molecule has 1 aliphatic heterocycles. The lowest BCUT2D eigenvalue weighted by molar-refractivity contribution is -0.119. The van der Waals surface area contributed by atoms with Gasteiger partial charge in [-0.25, -0.2) is 0 Å². The van der Waals surface area contributed by atoms with Gasteiger partial charge in [0.05, 0.1) is 0 Å². The minimum absolute atomic E-state index is 0.401. The molecular weight excluding hydrogens is 198 g/mol. The van der Waals surface area contributed by atoms with Crippen LogP contribution in [0.15, 0.2) is 24.3 Å². The topological polar surface area (TPSA) is 20.3 Å². The summed E-state index contributed by atoms with van der Waals surface area (Å²) in [5.74, 6) is 0.937. The summed E-state index contributed by atoms with van der Waals surface area (Å²) in [7, 11) is 0. The molecule has 1 heterocycles. The fourth-order valence-corrected chi connectivity index (χ4v) is 2.26. The number of carbonyl (C=O) groups excluding carboxylic acids is 1. The molecule has 0 saturated carbocycles. The number of para-hydroxylation sites is 1. The Kier molecular flexibility index (Phi) is 3.28. The van der Waals surface area contributed by atoms with Gasteiger partial charge in [0.15, 0.2) is 0 Å². The van der Waals surface area contributed by atoms with Gasteiger partial charge in [-0.05, 0) is 17.5 Å². The molecule has 0 atom stereocenters. The number of Topliss-reactive ketones (excluding diaryl/α,β-unsaturated/α-hetero) is 1. The summed E-state index contributed by atoms with van der Waals surface area (Å²) in [6.07, 6.45) is 1.40. The van der Waals surface area contributed by atoms with Gasteiger partial charge in [-0.15, -0.1) is 0 Å². The molecule has 0 N–H and O–H groups in total. The number of ketones is 1. The van der Waals surface area contributed by atoms with Gasteiger partial charge in [-0.2, -0.15) is 0 Å². The summed E-state index contributed by atoms with van der Waals surface area (Å²) in [5, 5.41) is 0. The van der Waals surface area contributed by atoms with E-state index in [1.807, 2.05) is 0 Å². The second kappa shape index (κ2) is 4.69. The Morgan fingerprint density at radius 2 is 1.75 bits per heavy atom. The minimum Gasteiger partial charge on any atom is -0.370 e. The van der Waals surface area contributed by atoms with Gasteiger partial charge < -0.3 is 4.90 Å². The van der Waals surface area contributed by atoms with Crippen LogP contribution in [0.25, 0.3) is 0 Å². The standard InChI is InChI=1S/C14H19NO/c1-11(2)13-5-3-4-6-14(13)15-9-7-12(16)8-10-15/h3-6,11H,7-10H2,1-2H3. The Bertz CT molecular complexity index is 374. The minimum atomic E-state index is 0.401. The molecule has 0 radical (unpaired) electrons. The van der Waals surface area contributed by atoms with Crippen LogP contribution in [0.2, 0.25) is 0 Å². The van der Waals surface area contributed by atoms with Crippen LogP contribution >= 0.6 is 0 Å². The third-order valence-corrected chi connectivity index (χ3v) is 3.22. The zero-order valence-corrected chi connectivity index (χ0v) is 10.1. The maximum Gasteiger partial charge on any atom is 0.136 e. The molecule has 0 aromatic heterocycles. The molecule has 1 saturated heterocycles. The number of anilines is 1. The summed E-state index contributed by atoms with van der Waals surface area (Å²) in [5.41, 5.74) is 2.70. The number of carbonyl (C=O) groups is 1. The molecule has 0 spiro atoms. The SMILES string of the molecule is CC(C)c1ccccc1N1CCC(=O)CC1. The normalized spacial score (nSPS) is 16.9. The maximum atomic E-state index is 11.2. The molecular formula is C14H19NO. The highest BCUT2D eigenvalue weighted by atomic mass is 16.1. The highest BCUT2D eigenvalue weighted by Crippen LogP contribution is 2.28. The van der Waals surface area contributed by atoms with Crippen molar-refractivity contribution in [2.24, 2.45) is 0 Å². The maximum absolute atomic E-state index is 11.2. The Labute approximate surface area is 97.3 Å². The lowest BCUT2D eigenvalue weighted by atomic mass is 9.99. The number of piperidine rings is 1. The van der Waals surface area contributed by atoms with Crippen molar-refractivity contribution in [1.29, 1.82) is 0 Å². The molecule has 0 aliphatic carbocycles. The van der Waals surface area contributed by atoms with Gasteiger partial charge in [0.25, 0.3) is 0 Å². The van der Waals surface area contributed by atoms with Crippen molar-refractivity contribution in [1.82, 2.24) is 0 Å². The van der Waals surface area contributed by atoms with Crippen LogP contribution in [0, 0.1) is 0 Å². The monoisotopic (exact) mass is 217 g/mol. The second-order valence-corrected chi connectivity index (χ2v) is 4.74. The average Bonchev–Trinajstić information content (AvgIpc) is 2.30. The number of nitrogens with zero attached hydrogens (tertiary/aromatic N) is 1. The molecule has 1 aromatic rings. The first-order valence-electron chi connectivity index (χ1n) is 6.04. The first-order valence-corrected chi connectivity index (χ1v) is 6.04. The number of benzene rings is 1. The van der Waals surface area contributed by atoms with Crippen molar-refractivity contribution in [3.63, 3.8) is 0 Å². The lowest BCUT2D eigenvalue weighted by Gasteiger charge is -2.30. The van der Waals surface area contributed by atoms with Crippen LogP contribution in [0.5, 0.6) is 0 Å². The van der Waals surface area contributed by atoms with E-state index < -0.39 is 0 Å². The highest BCUT2D eigenvalue weighted by molar-refractivity contribution is 5.81. The predicted octanol–water partition coefficient (Wildman–Crippen LogP) is 2.98. The number of hydrogen-bond acceptors (Lipinski definition) is 2. The average molecular weight is 217 g/mol. The van der Waals surface area contributed by atoms with E-state index in [9.17, 15) is 4.79 Å². The van der Waals surface area contributed by atoms with E-state index in [0.717, 1.165) is 13.1 Å². The van der Waals surface area contributed by atoms with Crippen LogP contribution in [0.3, 0.4) is 0 Å². The van der Waals surface area contributed by atoms with Gasteiger partial charge in [0, 0.05) is 31.6 Å². The van der Waals surface area contributed by atoms with Crippen LogP contribution in [0.4, 0.5) is 5.69 Å². The summed E-state index contributed by atoms with van der Waals surface area (Å²) in [4.78, 5) is 13.6. The summed E-state index contributed by atoms with van der Waals surface area (Å²) in [6, 6.07) is 8.53. The molecule has 16 heavy (non-hydrogen) atoms. The van der Waals surface area contributed by atoms with Gasteiger partial charge in [0.1, 0.15) is 5.78 Å². The van der Waals surface area contributed by atoms with Gasteiger partial charge in [-0.3, -0.25) is 4.79 Å². The molecule has 0 bridgehead atoms. The molecule has 1 aromatic carbocycles. The number of rotatable bonds is 2. The van der Waals surface area contributed by atoms with Crippen molar-refractivity contribution in [2.75, 3.05) is 18.0 Å². The van der Waals surface area contributed by atoms with E-state index >= 15 is 0 Å². The molecule has 86 valence electrons. The quantitative estimate of drug-likeness (QED) is 0.759. The van der Waals surface area contributed by atoms with Crippen molar-refractivity contribution in [3.8, 4) is 0 Å². The van der Waals surface area contributed by atoms with Gasteiger partial charge in [-0.1, -0.05) is 32.0 Å². The molecule has 2 heteroatoms. The fraction of sp³-hybridized carbons (Fsp3) is 0.500. The summed E-state index contributed by atoms with van der Waals surface area (Å²) >= 11 is 0. The Balaban J connectivity index is 2.23. The van der Waals surface area contributed by atoms with E-state index in [4.69, 9.17) is 0 Å². The molecule has 1 aliphatic rings. The molecule has 2 rings (SSSR count). The second-order valence-electron chi connectivity index (χ2n) is 4.74.